The molecule has 0 amide bonds. The second-order valence-corrected chi connectivity index (χ2v) is 6.65. The highest BCUT2D eigenvalue weighted by molar-refractivity contribution is 9.10. The minimum absolute atomic E-state index is 0.434. The average molecular weight is 427 g/mol. The van der Waals surface area contributed by atoms with Crippen LogP contribution in [0.4, 0.5) is 0 Å². The highest BCUT2D eigenvalue weighted by Gasteiger charge is 2.12. The van der Waals surface area contributed by atoms with Crippen molar-refractivity contribution in [2.24, 2.45) is 0 Å². The van der Waals surface area contributed by atoms with Crippen molar-refractivity contribution in [3.8, 4) is 17.2 Å². The van der Waals surface area contributed by atoms with Crippen LogP contribution >= 0.6 is 15.9 Å². The molecule has 0 atom stereocenters. The Morgan fingerprint density at radius 3 is 2.30 bits per heavy atom. The van der Waals surface area contributed by atoms with Gasteiger partial charge >= 0.3 is 5.97 Å². The summed E-state index contributed by atoms with van der Waals surface area (Å²) in [4.78, 5) is 12.3. The van der Waals surface area contributed by atoms with Gasteiger partial charge < -0.3 is 14.2 Å². The third kappa shape index (κ3) is 5.34. The maximum atomic E-state index is 12.3. The molecule has 3 aromatic rings. The molecule has 0 bridgehead atoms. The predicted molar refractivity (Wildman–Crippen MR) is 108 cm³/mol. The normalized spacial score (nSPS) is 10.3. The van der Waals surface area contributed by atoms with Gasteiger partial charge in [0.15, 0.2) is 0 Å². The van der Waals surface area contributed by atoms with Gasteiger partial charge in [-0.3, -0.25) is 0 Å². The lowest BCUT2D eigenvalue weighted by molar-refractivity contribution is 0.0734. The fraction of sp³-hybridized carbons (Fsp3) is 0.136. The molecule has 0 saturated heterocycles. The van der Waals surface area contributed by atoms with Crippen molar-refractivity contribution in [2.45, 2.75) is 6.42 Å². The summed E-state index contributed by atoms with van der Waals surface area (Å²) >= 11 is 3.46. The van der Waals surface area contributed by atoms with Gasteiger partial charge in [0.05, 0.1) is 23.8 Å². The molecule has 0 unspecified atom stereocenters. The average Bonchev–Trinajstić information content (AvgIpc) is 2.70. The number of benzene rings is 3. The molecule has 0 aliphatic carbocycles. The van der Waals surface area contributed by atoms with Crippen LogP contribution in [0.5, 0.6) is 17.2 Å². The van der Waals surface area contributed by atoms with Crippen LogP contribution in [0.2, 0.25) is 0 Å². The Balaban J connectivity index is 1.58. The smallest absolute Gasteiger partial charge is 0.343 e. The van der Waals surface area contributed by atoms with Crippen molar-refractivity contribution in [1.29, 1.82) is 0 Å². The van der Waals surface area contributed by atoms with Crippen molar-refractivity contribution in [2.75, 3.05) is 13.7 Å². The molecule has 138 valence electrons. The van der Waals surface area contributed by atoms with E-state index in [-0.39, 0.29) is 0 Å². The first-order valence-electron chi connectivity index (χ1n) is 8.48. The standard InChI is InChI=1S/C22H19BrO4/c1-25-18-8-10-19(11-9-18)27-22(24)17-7-12-21(20(23)15-17)26-14-13-16-5-3-2-4-6-16/h2-12,15H,13-14H2,1H3. The van der Waals surface area contributed by atoms with Crippen LogP contribution in [-0.4, -0.2) is 19.7 Å². The van der Waals surface area contributed by atoms with Crippen LogP contribution in [0.1, 0.15) is 15.9 Å². The Kier molecular flexibility index (Phi) is 6.49. The zero-order valence-corrected chi connectivity index (χ0v) is 16.4. The molecule has 27 heavy (non-hydrogen) atoms. The summed E-state index contributed by atoms with van der Waals surface area (Å²) in [5.74, 6) is 1.42. The van der Waals surface area contributed by atoms with Gasteiger partial charge in [0.25, 0.3) is 0 Å². The molecule has 0 N–H and O–H groups in total. The van der Waals surface area contributed by atoms with Gasteiger partial charge in [0.2, 0.25) is 0 Å². The van der Waals surface area contributed by atoms with Gasteiger partial charge in [0.1, 0.15) is 17.2 Å². The summed E-state index contributed by atoms with van der Waals surface area (Å²) in [5, 5.41) is 0. The van der Waals surface area contributed by atoms with Gasteiger partial charge in [-0.2, -0.15) is 0 Å². The third-order valence-corrected chi connectivity index (χ3v) is 4.55. The van der Waals surface area contributed by atoms with Crippen molar-refractivity contribution in [3.63, 3.8) is 0 Å². The minimum atomic E-state index is -0.434. The van der Waals surface area contributed by atoms with Crippen molar-refractivity contribution in [1.82, 2.24) is 0 Å². The van der Waals surface area contributed by atoms with E-state index in [1.54, 1.807) is 49.6 Å². The van der Waals surface area contributed by atoms with Crippen LogP contribution in [0, 0.1) is 0 Å². The molecule has 0 aliphatic heterocycles. The maximum absolute atomic E-state index is 12.3. The molecule has 0 saturated carbocycles. The first-order chi connectivity index (χ1) is 13.2. The van der Waals surface area contributed by atoms with Crippen molar-refractivity contribution in [3.05, 3.63) is 88.4 Å². The highest BCUT2D eigenvalue weighted by atomic mass is 79.9. The number of ether oxygens (including phenoxy) is 3. The minimum Gasteiger partial charge on any atom is -0.497 e. The number of hydrogen-bond acceptors (Lipinski definition) is 4. The Hall–Kier alpha value is -2.79. The van der Waals surface area contributed by atoms with Crippen LogP contribution in [0.25, 0.3) is 0 Å². The van der Waals surface area contributed by atoms with Gasteiger partial charge in [0, 0.05) is 6.42 Å². The fourth-order valence-electron chi connectivity index (χ4n) is 2.48. The molecule has 0 aliphatic rings. The van der Waals surface area contributed by atoms with Gasteiger partial charge in [-0.1, -0.05) is 30.3 Å². The number of hydrogen-bond donors (Lipinski definition) is 0. The van der Waals surface area contributed by atoms with E-state index in [9.17, 15) is 4.79 Å². The van der Waals surface area contributed by atoms with E-state index in [0.29, 0.717) is 33.9 Å². The molecule has 0 heterocycles. The number of rotatable bonds is 7. The second-order valence-electron chi connectivity index (χ2n) is 5.79. The number of esters is 1. The summed E-state index contributed by atoms with van der Waals surface area (Å²) < 4.78 is 17.0. The molecule has 0 aromatic heterocycles. The summed E-state index contributed by atoms with van der Waals surface area (Å²) in [7, 11) is 1.59. The Morgan fingerprint density at radius 1 is 0.926 bits per heavy atom. The summed E-state index contributed by atoms with van der Waals surface area (Å²) in [6, 6.07) is 22.1. The molecule has 3 rings (SSSR count). The zero-order chi connectivity index (χ0) is 19.1. The highest BCUT2D eigenvalue weighted by Crippen LogP contribution is 2.27. The lowest BCUT2D eigenvalue weighted by atomic mass is 10.2. The van der Waals surface area contributed by atoms with Crippen molar-refractivity contribution < 1.29 is 19.0 Å². The molecular formula is C22H19BrO4. The fourth-order valence-corrected chi connectivity index (χ4v) is 2.97. The Bertz CT molecular complexity index is 892. The number of halogens is 1. The van der Waals surface area contributed by atoms with Gasteiger partial charge in [-0.05, 0) is 64.0 Å². The maximum Gasteiger partial charge on any atom is 0.343 e. The van der Waals surface area contributed by atoms with E-state index in [4.69, 9.17) is 14.2 Å². The van der Waals surface area contributed by atoms with E-state index in [2.05, 4.69) is 28.1 Å². The molecule has 5 heteroatoms. The molecule has 4 nitrogen and oxygen atoms in total. The summed E-state index contributed by atoms with van der Waals surface area (Å²) in [6.07, 6.45) is 0.814. The summed E-state index contributed by atoms with van der Waals surface area (Å²) in [5.41, 5.74) is 1.65. The Morgan fingerprint density at radius 2 is 1.63 bits per heavy atom. The van der Waals surface area contributed by atoms with Crippen LogP contribution < -0.4 is 14.2 Å². The monoisotopic (exact) mass is 426 g/mol. The van der Waals surface area contributed by atoms with Crippen LogP contribution in [0.15, 0.2) is 77.3 Å². The van der Waals surface area contributed by atoms with E-state index in [1.807, 2.05) is 18.2 Å². The van der Waals surface area contributed by atoms with E-state index < -0.39 is 5.97 Å². The summed E-state index contributed by atoms with van der Waals surface area (Å²) in [6.45, 7) is 0.554. The quantitative estimate of drug-likeness (QED) is 0.379. The van der Waals surface area contributed by atoms with Gasteiger partial charge in [-0.15, -0.1) is 0 Å². The molecule has 0 fully saturated rings. The lowest BCUT2D eigenvalue weighted by Gasteiger charge is -2.10. The lowest BCUT2D eigenvalue weighted by Crippen LogP contribution is -2.09. The van der Waals surface area contributed by atoms with E-state index in [0.717, 1.165) is 6.42 Å². The molecule has 0 spiro atoms. The third-order valence-electron chi connectivity index (χ3n) is 3.93. The molecular weight excluding hydrogens is 408 g/mol. The first kappa shape index (κ1) is 19.0. The van der Waals surface area contributed by atoms with Crippen LogP contribution in [0.3, 0.4) is 0 Å². The predicted octanol–water partition coefficient (Wildman–Crippen LogP) is 5.30. The SMILES string of the molecule is COc1ccc(OC(=O)c2ccc(OCCc3ccccc3)c(Br)c2)cc1. The number of methoxy groups -OCH3 is 1. The topological polar surface area (TPSA) is 44.8 Å². The second kappa shape index (κ2) is 9.24. The van der Waals surface area contributed by atoms with E-state index >= 15 is 0 Å². The molecule has 0 radical (unpaired) electrons. The largest absolute Gasteiger partial charge is 0.497 e. The Labute approximate surface area is 166 Å². The van der Waals surface area contributed by atoms with Crippen LogP contribution in [-0.2, 0) is 6.42 Å². The number of carbonyl (C=O) groups is 1. The van der Waals surface area contributed by atoms with Gasteiger partial charge in [-0.25, -0.2) is 4.79 Å². The number of carbonyl (C=O) groups excluding carboxylic acids is 1. The van der Waals surface area contributed by atoms with Crippen molar-refractivity contribution >= 4 is 21.9 Å². The van der Waals surface area contributed by atoms with E-state index in [1.165, 1.54) is 5.56 Å². The first-order valence-corrected chi connectivity index (χ1v) is 9.27. The molecule has 3 aromatic carbocycles. The zero-order valence-electron chi connectivity index (χ0n) is 14.9.